The average molecular weight is 397 g/mol. The SMILES string of the molecule is COc1ccccc1-c1cc(C)cc(-c2c3c(cc4c2CCCC4)CCCC3)c1C. The molecule has 1 heteroatoms. The van der Waals surface area contributed by atoms with Crippen LogP contribution in [0.15, 0.2) is 42.5 Å². The molecule has 2 aliphatic rings. The zero-order valence-corrected chi connectivity index (χ0v) is 18.6. The monoisotopic (exact) mass is 396 g/mol. The molecule has 0 saturated heterocycles. The minimum absolute atomic E-state index is 0.953. The highest BCUT2D eigenvalue weighted by Gasteiger charge is 2.25. The Morgan fingerprint density at radius 2 is 1.27 bits per heavy atom. The molecule has 2 aliphatic carbocycles. The van der Waals surface area contributed by atoms with E-state index in [1.54, 1.807) is 34.9 Å². The fourth-order valence-electron chi connectivity index (χ4n) is 5.73. The zero-order chi connectivity index (χ0) is 20.7. The van der Waals surface area contributed by atoms with Crippen LogP contribution >= 0.6 is 0 Å². The molecule has 0 spiro atoms. The summed E-state index contributed by atoms with van der Waals surface area (Å²) in [5.74, 6) is 0.953. The van der Waals surface area contributed by atoms with Crippen LogP contribution in [0.4, 0.5) is 0 Å². The first kappa shape index (κ1) is 19.4. The summed E-state index contributed by atoms with van der Waals surface area (Å²) >= 11 is 0. The normalized spacial score (nSPS) is 15.4. The van der Waals surface area contributed by atoms with E-state index in [2.05, 4.69) is 56.3 Å². The van der Waals surface area contributed by atoms with E-state index in [9.17, 15) is 0 Å². The Morgan fingerprint density at radius 3 is 1.93 bits per heavy atom. The molecule has 5 rings (SSSR count). The first-order chi connectivity index (χ1) is 14.7. The number of rotatable bonds is 3. The van der Waals surface area contributed by atoms with Gasteiger partial charge in [0.25, 0.3) is 0 Å². The number of fused-ring (bicyclic) bond motifs is 2. The maximum absolute atomic E-state index is 5.72. The summed E-state index contributed by atoms with van der Waals surface area (Å²) in [6.45, 7) is 4.55. The highest BCUT2D eigenvalue weighted by molar-refractivity contribution is 5.85. The maximum Gasteiger partial charge on any atom is 0.126 e. The third-order valence-electron chi connectivity index (χ3n) is 7.19. The second kappa shape index (κ2) is 7.95. The van der Waals surface area contributed by atoms with Crippen LogP contribution in [-0.2, 0) is 25.7 Å². The van der Waals surface area contributed by atoms with Crippen molar-refractivity contribution in [2.24, 2.45) is 0 Å². The van der Waals surface area contributed by atoms with Crippen molar-refractivity contribution in [1.82, 2.24) is 0 Å². The van der Waals surface area contributed by atoms with E-state index in [0.29, 0.717) is 0 Å². The van der Waals surface area contributed by atoms with Gasteiger partial charge in [-0.2, -0.15) is 0 Å². The van der Waals surface area contributed by atoms with E-state index in [-0.39, 0.29) is 0 Å². The van der Waals surface area contributed by atoms with Gasteiger partial charge in [-0.1, -0.05) is 36.4 Å². The lowest BCUT2D eigenvalue weighted by Gasteiger charge is -2.29. The number of hydrogen-bond donors (Lipinski definition) is 0. The molecule has 0 fully saturated rings. The number of para-hydroxylation sites is 1. The van der Waals surface area contributed by atoms with E-state index in [4.69, 9.17) is 4.74 Å². The van der Waals surface area contributed by atoms with Gasteiger partial charge in [-0.25, -0.2) is 0 Å². The first-order valence-electron chi connectivity index (χ1n) is 11.6. The molecule has 3 aromatic rings. The third kappa shape index (κ3) is 3.25. The van der Waals surface area contributed by atoms with Crippen molar-refractivity contribution in [2.45, 2.75) is 65.2 Å². The van der Waals surface area contributed by atoms with Crippen LogP contribution in [0.25, 0.3) is 22.3 Å². The Hall–Kier alpha value is -2.54. The molecule has 0 atom stereocenters. The lowest BCUT2D eigenvalue weighted by Crippen LogP contribution is -2.13. The first-order valence-corrected chi connectivity index (χ1v) is 11.6. The molecule has 0 N–H and O–H groups in total. The molecule has 0 aliphatic heterocycles. The number of benzene rings is 3. The lowest BCUT2D eigenvalue weighted by molar-refractivity contribution is 0.416. The molecular formula is C29H32O. The molecule has 0 bridgehead atoms. The summed E-state index contributed by atoms with van der Waals surface area (Å²) in [6.07, 6.45) is 10.3. The third-order valence-corrected chi connectivity index (χ3v) is 7.19. The fourth-order valence-corrected chi connectivity index (χ4v) is 5.73. The van der Waals surface area contributed by atoms with Crippen molar-refractivity contribution in [3.63, 3.8) is 0 Å². The van der Waals surface area contributed by atoms with E-state index >= 15 is 0 Å². The van der Waals surface area contributed by atoms with Gasteiger partial charge in [-0.05, 0) is 121 Å². The molecular weight excluding hydrogens is 364 g/mol. The maximum atomic E-state index is 5.72. The summed E-state index contributed by atoms with van der Waals surface area (Å²) in [5, 5.41) is 0. The molecule has 0 heterocycles. The van der Waals surface area contributed by atoms with Crippen molar-refractivity contribution in [1.29, 1.82) is 0 Å². The van der Waals surface area contributed by atoms with Gasteiger partial charge in [-0.3, -0.25) is 0 Å². The van der Waals surface area contributed by atoms with Gasteiger partial charge in [-0.15, -0.1) is 0 Å². The topological polar surface area (TPSA) is 9.23 Å². The summed E-state index contributed by atoms with van der Waals surface area (Å²) < 4.78 is 5.72. The fraction of sp³-hybridized carbons (Fsp3) is 0.379. The Morgan fingerprint density at radius 1 is 0.667 bits per heavy atom. The number of methoxy groups -OCH3 is 1. The summed E-state index contributed by atoms with van der Waals surface area (Å²) in [6, 6.07) is 15.8. The highest BCUT2D eigenvalue weighted by Crippen LogP contribution is 2.44. The van der Waals surface area contributed by atoms with Gasteiger partial charge >= 0.3 is 0 Å². The quantitative estimate of drug-likeness (QED) is 0.448. The van der Waals surface area contributed by atoms with Gasteiger partial charge in [0.2, 0.25) is 0 Å². The Kier molecular flexibility index (Phi) is 5.15. The van der Waals surface area contributed by atoms with E-state index in [1.165, 1.54) is 79.2 Å². The molecule has 154 valence electrons. The van der Waals surface area contributed by atoms with Crippen molar-refractivity contribution in [3.05, 3.63) is 75.8 Å². The highest BCUT2D eigenvalue weighted by atomic mass is 16.5. The van der Waals surface area contributed by atoms with E-state index in [1.807, 2.05) is 0 Å². The Balaban J connectivity index is 1.79. The van der Waals surface area contributed by atoms with Crippen molar-refractivity contribution < 1.29 is 4.74 Å². The van der Waals surface area contributed by atoms with Crippen LogP contribution in [0.2, 0.25) is 0 Å². The second-order valence-corrected chi connectivity index (χ2v) is 9.13. The van der Waals surface area contributed by atoms with E-state index < -0.39 is 0 Å². The predicted octanol–water partition coefficient (Wildman–Crippen LogP) is 7.40. The van der Waals surface area contributed by atoms with E-state index in [0.717, 1.165) is 5.75 Å². The number of aryl methyl sites for hydroxylation is 3. The Bertz CT molecular complexity index is 1070. The van der Waals surface area contributed by atoms with Gasteiger partial charge in [0.15, 0.2) is 0 Å². The second-order valence-electron chi connectivity index (χ2n) is 9.13. The summed E-state index contributed by atoms with van der Waals surface area (Å²) in [5.41, 5.74) is 14.8. The molecule has 30 heavy (non-hydrogen) atoms. The summed E-state index contributed by atoms with van der Waals surface area (Å²) in [7, 11) is 1.77. The largest absolute Gasteiger partial charge is 0.496 e. The molecule has 0 aromatic heterocycles. The van der Waals surface area contributed by atoms with Crippen LogP contribution < -0.4 is 4.74 Å². The van der Waals surface area contributed by atoms with Gasteiger partial charge in [0.1, 0.15) is 5.75 Å². The van der Waals surface area contributed by atoms with Crippen LogP contribution in [-0.4, -0.2) is 7.11 Å². The molecule has 0 radical (unpaired) electrons. The van der Waals surface area contributed by atoms with Crippen LogP contribution in [0.1, 0.15) is 59.1 Å². The van der Waals surface area contributed by atoms with Crippen molar-refractivity contribution in [3.8, 4) is 28.0 Å². The smallest absolute Gasteiger partial charge is 0.126 e. The van der Waals surface area contributed by atoms with Crippen molar-refractivity contribution >= 4 is 0 Å². The molecule has 0 saturated carbocycles. The van der Waals surface area contributed by atoms with Crippen LogP contribution in [0.5, 0.6) is 5.75 Å². The van der Waals surface area contributed by atoms with Gasteiger partial charge < -0.3 is 4.74 Å². The van der Waals surface area contributed by atoms with Gasteiger partial charge in [0, 0.05) is 5.56 Å². The molecule has 0 unspecified atom stereocenters. The molecule has 1 nitrogen and oxygen atoms in total. The van der Waals surface area contributed by atoms with Crippen molar-refractivity contribution in [2.75, 3.05) is 7.11 Å². The standard InChI is InChI=1S/C29H32O/c1-19-16-26(25-14-8-9-15-28(25)30-3)20(2)27(17-19)29-23-12-6-4-10-21(23)18-22-11-5-7-13-24(22)29/h8-9,14-18H,4-7,10-13H2,1-3H3. The van der Waals surface area contributed by atoms with Crippen LogP contribution in [0, 0.1) is 13.8 Å². The van der Waals surface area contributed by atoms with Gasteiger partial charge in [0.05, 0.1) is 7.11 Å². The number of hydrogen-bond acceptors (Lipinski definition) is 1. The van der Waals surface area contributed by atoms with Crippen LogP contribution in [0.3, 0.4) is 0 Å². The predicted molar refractivity (Wildman–Crippen MR) is 127 cm³/mol. The average Bonchev–Trinajstić information content (AvgIpc) is 2.79. The zero-order valence-electron chi connectivity index (χ0n) is 18.6. The minimum Gasteiger partial charge on any atom is -0.496 e. The molecule has 3 aromatic carbocycles. The lowest BCUT2D eigenvalue weighted by atomic mass is 9.76. The minimum atomic E-state index is 0.953. The molecule has 0 amide bonds. The summed E-state index contributed by atoms with van der Waals surface area (Å²) in [4.78, 5) is 0. The number of ether oxygens (including phenoxy) is 1. The Labute approximate surface area is 181 Å².